The molecule has 0 N–H and O–H groups in total. The number of nitrogens with zero attached hydrogens (tertiary/aromatic N) is 2. The van der Waals surface area contributed by atoms with Gasteiger partial charge < -0.3 is 4.57 Å². The molecule has 6 rings (SSSR count). The lowest BCUT2D eigenvalue weighted by molar-refractivity contribution is 1.17. The molecule has 0 amide bonds. The zero-order valence-corrected chi connectivity index (χ0v) is 18.8. The summed E-state index contributed by atoms with van der Waals surface area (Å²) in [4.78, 5) is 4.94. The van der Waals surface area contributed by atoms with Crippen LogP contribution in [0.25, 0.3) is 49.9 Å². The van der Waals surface area contributed by atoms with Gasteiger partial charge in [-0.05, 0) is 60.4 Å². The summed E-state index contributed by atoms with van der Waals surface area (Å²) in [5.74, 6) is 0. The lowest BCUT2D eigenvalue weighted by Gasteiger charge is -2.14. The minimum atomic E-state index is 1.03. The highest BCUT2D eigenvalue weighted by atomic mass is 15.0. The Morgan fingerprint density at radius 3 is 2.12 bits per heavy atom. The molecule has 0 aliphatic carbocycles. The summed E-state index contributed by atoms with van der Waals surface area (Å²) in [5, 5.41) is 2.42. The van der Waals surface area contributed by atoms with E-state index < -0.39 is 0 Å². The second-order valence-electron chi connectivity index (χ2n) is 8.53. The monoisotopic (exact) mass is 424 g/mol. The summed E-state index contributed by atoms with van der Waals surface area (Å²) in [7, 11) is 0. The smallest absolute Gasteiger partial charge is 0.0805 e. The van der Waals surface area contributed by atoms with Crippen molar-refractivity contribution in [1.29, 1.82) is 0 Å². The molecule has 6 aromatic rings. The summed E-state index contributed by atoms with van der Waals surface area (Å²) < 4.78 is 2.34. The number of fused-ring (bicyclic) bond motifs is 3. The molecule has 2 nitrogen and oxygen atoms in total. The summed E-state index contributed by atoms with van der Waals surface area (Å²) in [6, 6.07) is 36.5. The van der Waals surface area contributed by atoms with Crippen LogP contribution < -0.4 is 0 Å². The Bertz CT molecular complexity index is 1620. The molecule has 0 saturated carbocycles. The lowest BCUT2D eigenvalue weighted by Crippen LogP contribution is -1.95. The van der Waals surface area contributed by atoms with Crippen LogP contribution in [0.5, 0.6) is 0 Å². The normalized spacial score (nSPS) is 11.3. The number of pyridine rings is 1. The van der Waals surface area contributed by atoms with E-state index in [2.05, 4.69) is 122 Å². The number of hydrogen-bond acceptors (Lipinski definition) is 1. The van der Waals surface area contributed by atoms with Gasteiger partial charge in [-0.25, -0.2) is 0 Å². The highest BCUT2D eigenvalue weighted by molar-refractivity contribution is 6.15. The van der Waals surface area contributed by atoms with Crippen molar-refractivity contribution in [1.82, 2.24) is 9.55 Å². The molecular formula is C31H24N2. The molecule has 2 heteroatoms. The van der Waals surface area contributed by atoms with Crippen LogP contribution in [0.2, 0.25) is 0 Å². The van der Waals surface area contributed by atoms with Gasteiger partial charge in [0.15, 0.2) is 0 Å². The Morgan fingerprint density at radius 2 is 1.27 bits per heavy atom. The Kier molecular flexibility index (Phi) is 4.58. The van der Waals surface area contributed by atoms with Gasteiger partial charge in [-0.2, -0.15) is 0 Å². The first-order chi connectivity index (χ1) is 16.2. The number of benzene rings is 4. The van der Waals surface area contributed by atoms with Crippen molar-refractivity contribution in [2.45, 2.75) is 13.8 Å². The van der Waals surface area contributed by atoms with E-state index in [9.17, 15) is 0 Å². The molecule has 33 heavy (non-hydrogen) atoms. The van der Waals surface area contributed by atoms with Gasteiger partial charge in [-0.1, -0.05) is 78.9 Å². The fraction of sp³-hybridized carbons (Fsp3) is 0.0645. The lowest BCUT2D eigenvalue weighted by atomic mass is 9.91. The Hall–Kier alpha value is -4.17. The molecule has 0 aliphatic heterocycles. The molecule has 0 spiro atoms. The van der Waals surface area contributed by atoms with Gasteiger partial charge in [0.05, 0.1) is 16.7 Å². The van der Waals surface area contributed by atoms with E-state index >= 15 is 0 Å². The maximum atomic E-state index is 4.94. The van der Waals surface area contributed by atoms with E-state index in [1.807, 2.05) is 6.20 Å². The average molecular weight is 425 g/mol. The van der Waals surface area contributed by atoms with E-state index in [1.165, 1.54) is 49.6 Å². The van der Waals surface area contributed by atoms with Gasteiger partial charge in [-0.15, -0.1) is 0 Å². The summed E-state index contributed by atoms with van der Waals surface area (Å²) in [5.41, 5.74) is 10.8. The van der Waals surface area contributed by atoms with Gasteiger partial charge in [0.2, 0.25) is 0 Å². The molecule has 4 aromatic carbocycles. The Balaban J connectivity index is 1.68. The fourth-order valence-electron chi connectivity index (χ4n) is 5.03. The van der Waals surface area contributed by atoms with Gasteiger partial charge in [0.1, 0.15) is 0 Å². The van der Waals surface area contributed by atoms with E-state index in [-0.39, 0.29) is 0 Å². The van der Waals surface area contributed by atoms with Crippen LogP contribution in [0.4, 0.5) is 0 Å². The highest BCUT2D eigenvalue weighted by Gasteiger charge is 2.18. The third kappa shape index (κ3) is 3.07. The second-order valence-corrected chi connectivity index (χ2v) is 8.53. The van der Waals surface area contributed by atoms with E-state index in [4.69, 9.17) is 4.98 Å². The third-order valence-electron chi connectivity index (χ3n) is 6.62. The zero-order valence-electron chi connectivity index (χ0n) is 18.8. The molecule has 0 aliphatic rings. The standard InChI is InChI=1S/C31H24N2/c1-21-11-6-7-14-24(21)25-16-10-17-26(22(25)2)31-30-27-15-8-9-18-28(27)33(29(30)19-20-32-31)23-12-4-3-5-13-23/h3-20H,1-2H3. The van der Waals surface area contributed by atoms with Gasteiger partial charge in [-0.3, -0.25) is 4.98 Å². The molecule has 0 atom stereocenters. The van der Waals surface area contributed by atoms with Crippen molar-refractivity contribution in [3.8, 4) is 28.1 Å². The number of rotatable bonds is 3. The van der Waals surface area contributed by atoms with Crippen molar-refractivity contribution in [2.24, 2.45) is 0 Å². The number of para-hydroxylation sites is 2. The van der Waals surface area contributed by atoms with Crippen LogP contribution in [-0.4, -0.2) is 9.55 Å². The summed E-state index contributed by atoms with van der Waals surface area (Å²) in [6.45, 7) is 4.39. The van der Waals surface area contributed by atoms with Crippen molar-refractivity contribution >= 4 is 21.8 Å². The molecule has 158 valence electrons. The second kappa shape index (κ2) is 7.75. The average Bonchev–Trinajstić information content (AvgIpc) is 3.20. The fourth-order valence-corrected chi connectivity index (χ4v) is 5.03. The number of aromatic nitrogens is 2. The van der Waals surface area contributed by atoms with Crippen molar-refractivity contribution in [3.63, 3.8) is 0 Å². The Labute approximate surface area is 193 Å². The van der Waals surface area contributed by atoms with Crippen molar-refractivity contribution in [3.05, 3.63) is 120 Å². The zero-order chi connectivity index (χ0) is 22.4. The predicted molar refractivity (Wildman–Crippen MR) is 139 cm³/mol. The van der Waals surface area contributed by atoms with Crippen molar-refractivity contribution in [2.75, 3.05) is 0 Å². The Morgan fingerprint density at radius 1 is 0.576 bits per heavy atom. The first kappa shape index (κ1) is 19.5. The van der Waals surface area contributed by atoms with Gasteiger partial charge in [0, 0.05) is 28.2 Å². The van der Waals surface area contributed by atoms with Crippen LogP contribution in [-0.2, 0) is 0 Å². The van der Waals surface area contributed by atoms with E-state index in [0.29, 0.717) is 0 Å². The maximum Gasteiger partial charge on any atom is 0.0805 e. The predicted octanol–water partition coefficient (Wildman–Crippen LogP) is 8.13. The summed E-state index contributed by atoms with van der Waals surface area (Å²) >= 11 is 0. The molecule has 0 bridgehead atoms. The molecule has 0 radical (unpaired) electrons. The van der Waals surface area contributed by atoms with E-state index in [1.54, 1.807) is 0 Å². The minimum absolute atomic E-state index is 1.03. The largest absolute Gasteiger partial charge is 0.309 e. The molecule has 0 saturated heterocycles. The van der Waals surface area contributed by atoms with Crippen LogP contribution in [0.15, 0.2) is 109 Å². The van der Waals surface area contributed by atoms with Gasteiger partial charge >= 0.3 is 0 Å². The van der Waals surface area contributed by atoms with Crippen LogP contribution in [0.3, 0.4) is 0 Å². The van der Waals surface area contributed by atoms with Crippen LogP contribution >= 0.6 is 0 Å². The molecule has 0 unspecified atom stereocenters. The molecule has 2 heterocycles. The van der Waals surface area contributed by atoms with Crippen molar-refractivity contribution < 1.29 is 0 Å². The van der Waals surface area contributed by atoms with Gasteiger partial charge in [0.25, 0.3) is 0 Å². The minimum Gasteiger partial charge on any atom is -0.309 e. The molecule has 0 fully saturated rings. The number of aryl methyl sites for hydroxylation is 1. The highest BCUT2D eigenvalue weighted by Crippen LogP contribution is 2.40. The summed E-state index contributed by atoms with van der Waals surface area (Å²) in [6.07, 6.45) is 1.94. The first-order valence-electron chi connectivity index (χ1n) is 11.3. The quantitative estimate of drug-likeness (QED) is 0.280. The molecule has 2 aromatic heterocycles. The number of hydrogen-bond donors (Lipinski definition) is 0. The first-order valence-corrected chi connectivity index (χ1v) is 11.3. The topological polar surface area (TPSA) is 17.8 Å². The third-order valence-corrected chi connectivity index (χ3v) is 6.62. The van der Waals surface area contributed by atoms with E-state index in [0.717, 1.165) is 11.4 Å². The SMILES string of the molecule is Cc1ccccc1-c1cccc(-c2nccc3c2c2ccccc2n3-c2ccccc2)c1C. The van der Waals surface area contributed by atoms with Crippen LogP contribution in [0.1, 0.15) is 11.1 Å². The van der Waals surface area contributed by atoms with Crippen LogP contribution in [0, 0.1) is 13.8 Å². The molecular weight excluding hydrogens is 400 g/mol. The maximum absolute atomic E-state index is 4.94.